The Morgan fingerprint density at radius 2 is 0.913 bits per heavy atom. The summed E-state index contributed by atoms with van der Waals surface area (Å²) >= 11 is 4.98. The summed E-state index contributed by atoms with van der Waals surface area (Å²) in [5.74, 6) is 0.883. The van der Waals surface area contributed by atoms with Gasteiger partial charge < -0.3 is 52.4 Å². The van der Waals surface area contributed by atoms with E-state index in [0.29, 0.717) is 77.8 Å². The van der Waals surface area contributed by atoms with Gasteiger partial charge in [-0.3, -0.25) is 24.9 Å². The molecule has 0 aromatic carbocycles. The van der Waals surface area contributed by atoms with Crippen molar-refractivity contribution in [3.05, 3.63) is 215 Å². The summed E-state index contributed by atoms with van der Waals surface area (Å²) in [5, 5.41) is 4.07. The van der Waals surface area contributed by atoms with Crippen molar-refractivity contribution in [3.8, 4) is 0 Å². The van der Waals surface area contributed by atoms with Crippen molar-refractivity contribution in [3.63, 3.8) is 0 Å². The Balaban J connectivity index is 0.000000580. The van der Waals surface area contributed by atoms with Crippen molar-refractivity contribution in [1.82, 2.24) is 39.9 Å². The van der Waals surface area contributed by atoms with Crippen LogP contribution in [0.4, 0.5) is 5.82 Å². The molecule has 0 saturated carbocycles. The molecule has 572 valence electrons. The maximum Gasteiger partial charge on any atom is 0.125 e. The highest BCUT2D eigenvalue weighted by Gasteiger charge is 2.06. The van der Waals surface area contributed by atoms with E-state index in [-0.39, 0.29) is 36.6 Å². The van der Waals surface area contributed by atoms with Crippen molar-refractivity contribution < 1.29 is 47.0 Å². The van der Waals surface area contributed by atoms with Crippen LogP contribution in [0.25, 0.3) is 0 Å². The number of nitrogens with one attached hydrogen (secondary N) is 1. The van der Waals surface area contributed by atoms with E-state index >= 15 is 0 Å². The average molecular weight is 1480 g/mol. The summed E-state index contributed by atoms with van der Waals surface area (Å²) in [7, 11) is 1.85. The normalized spacial score (nSPS) is 10.7. The monoisotopic (exact) mass is 1480 g/mol. The van der Waals surface area contributed by atoms with Crippen LogP contribution >= 0.6 is 34.0 Å². The third-order valence-electron chi connectivity index (χ3n) is 13.0. The first-order valence-corrected chi connectivity index (χ1v) is 38.0. The largest absolute Gasteiger partial charge is 0.472 e. The summed E-state index contributed by atoms with van der Waals surface area (Å²) in [5.41, 5.74) is 16.1. The molecule has 0 aliphatic heterocycles. The minimum atomic E-state index is 0.268. The van der Waals surface area contributed by atoms with Gasteiger partial charge in [0.1, 0.15) is 5.82 Å². The molecule has 0 unspecified atom stereocenters. The van der Waals surface area contributed by atoms with Crippen LogP contribution in [0.2, 0.25) is 0 Å². The Kier molecular flexibility index (Phi) is 52.8. The maximum atomic E-state index is 5.47. The summed E-state index contributed by atoms with van der Waals surface area (Å²) in [6.45, 7) is 54.7. The predicted molar refractivity (Wildman–Crippen MR) is 424 cm³/mol. The lowest BCUT2D eigenvalue weighted by Gasteiger charge is -2.08. The molecule has 19 nitrogen and oxygen atoms in total. The molecule has 0 amide bonds. The van der Waals surface area contributed by atoms with Crippen LogP contribution in [0.3, 0.4) is 0 Å². The van der Waals surface area contributed by atoms with Crippen LogP contribution < -0.4 is 5.32 Å². The fourth-order valence-electron chi connectivity index (χ4n) is 7.19. The van der Waals surface area contributed by atoms with Gasteiger partial charge in [-0.25, -0.2) is 15.0 Å². The fourth-order valence-corrected chi connectivity index (χ4v) is 9.11. The molecule has 0 atom stereocenters. The molecule has 0 saturated heterocycles. The molecule has 1 N–H and O–H groups in total. The SMILES string of the molecule is CC(C)OCc1ccoc1.CC(C)OCc1cncs1.CNc1ccc(COC(C)C)cn1.Cc1ccc(COC(C)C)cn1.Cc1ccncc1COC(C)C.Cc1cncc(COC(C)C)c1.Cc1ncc(COC(C)C)s1.Cc1ncccc1COC(C)C.Cc1ncsc1COC(C)C. The number of hydrogen-bond acceptors (Lipinski definition) is 22. The minimum absolute atomic E-state index is 0.268. The van der Waals surface area contributed by atoms with E-state index in [9.17, 15) is 0 Å². The maximum absolute atomic E-state index is 5.47. The Morgan fingerprint density at radius 3 is 1.36 bits per heavy atom. The van der Waals surface area contributed by atoms with Crippen LogP contribution in [0.5, 0.6) is 0 Å². The Hall–Kier alpha value is -6.64. The van der Waals surface area contributed by atoms with Crippen LogP contribution in [0, 0.1) is 41.5 Å². The van der Waals surface area contributed by atoms with Gasteiger partial charge in [-0.15, -0.1) is 34.0 Å². The first-order chi connectivity index (χ1) is 48.9. The van der Waals surface area contributed by atoms with E-state index in [0.717, 1.165) is 50.2 Å². The van der Waals surface area contributed by atoms with Crippen LogP contribution in [-0.4, -0.2) is 102 Å². The molecular weight excluding hydrogens is 1360 g/mol. The Morgan fingerprint density at radius 1 is 0.388 bits per heavy atom. The predicted octanol–water partition coefficient (Wildman–Crippen LogP) is 20.3. The van der Waals surface area contributed by atoms with Crippen LogP contribution in [0.15, 0.2) is 138 Å². The van der Waals surface area contributed by atoms with Gasteiger partial charge in [0.15, 0.2) is 0 Å². The summed E-state index contributed by atoms with van der Waals surface area (Å²) in [6, 6.07) is 18.0. The molecule has 103 heavy (non-hydrogen) atoms. The quantitative estimate of drug-likeness (QED) is 0.0483. The molecule has 0 radical (unpaired) electrons. The fraction of sp³-hybridized carbons (Fsp3) is 0.531. The molecule has 0 aliphatic carbocycles. The lowest BCUT2D eigenvalue weighted by molar-refractivity contribution is 0.0650. The van der Waals surface area contributed by atoms with Gasteiger partial charge >= 0.3 is 0 Å². The molecule has 9 aromatic heterocycles. The Bertz CT molecular complexity index is 3320. The second-order valence-corrected chi connectivity index (χ2v) is 29.3. The number of ether oxygens (including phenoxy) is 9. The van der Waals surface area contributed by atoms with E-state index in [2.05, 4.69) is 58.2 Å². The number of aromatic nitrogens is 8. The second-order valence-electron chi connectivity index (χ2n) is 26.1. The van der Waals surface area contributed by atoms with Gasteiger partial charge in [0, 0.05) is 79.8 Å². The number of anilines is 1. The van der Waals surface area contributed by atoms with E-state index in [1.165, 1.54) is 36.9 Å². The standard InChI is InChI=1S/C10H16N2O.4C10H15NO.2C8H13NOS.C8H12O2.C7H11NOS/c1-8(2)13-7-9-4-5-10(11-3)12-6-9;1-8(2)12-7-10-4-9(3)5-11-6-10;1-8(2)12-7-10-6-11-5-4-9(10)3;1-8(2)12-7-10-5-4-9(3)11-6-10;1-8(2)12-7-10-5-4-6-11-9(10)3;1-6(2)10-4-8-7(3)9-5-11-8;1-6(2)10-5-8-4-9-7(3)11-8;1-7(2)10-6-8-3-4-9-5-8;1-6(2)9-4-7-3-8-5-10-7/h4-6,8H,7H2,1-3H3,(H,11,12);4*4-6,8H,7H2,1-3H3;5-6H,4H2,1-3H3;4,6H,5H2,1-3H3;3-5,7H,6H2,1-2H3;3,5-6H,4H2,1-2H3. The van der Waals surface area contributed by atoms with Crippen molar-refractivity contribution in [2.45, 2.75) is 281 Å². The molecule has 9 rings (SSSR count). The van der Waals surface area contributed by atoms with E-state index in [1.807, 2.05) is 269 Å². The molecular formula is C81H125N9O10S3. The molecule has 22 heteroatoms. The highest BCUT2D eigenvalue weighted by atomic mass is 32.1. The highest BCUT2D eigenvalue weighted by Crippen LogP contribution is 2.16. The molecule has 0 aliphatic rings. The van der Waals surface area contributed by atoms with Crippen molar-refractivity contribution in [2.75, 3.05) is 12.4 Å². The number of aryl methyl sites for hydroxylation is 6. The van der Waals surface area contributed by atoms with Crippen LogP contribution in [0.1, 0.15) is 206 Å². The van der Waals surface area contributed by atoms with Gasteiger partial charge in [-0.05, 0) is 235 Å². The third kappa shape index (κ3) is 52.9. The van der Waals surface area contributed by atoms with Gasteiger partial charge in [0.2, 0.25) is 0 Å². The summed E-state index contributed by atoms with van der Waals surface area (Å²) < 4.78 is 53.6. The van der Waals surface area contributed by atoms with E-state index in [4.69, 9.17) is 47.0 Å². The van der Waals surface area contributed by atoms with Gasteiger partial charge in [-0.2, -0.15) is 0 Å². The zero-order valence-corrected chi connectivity index (χ0v) is 69.1. The Labute approximate surface area is 631 Å². The summed E-state index contributed by atoms with van der Waals surface area (Å²) in [6.07, 6.45) is 22.5. The number of pyridine rings is 5. The minimum Gasteiger partial charge on any atom is -0.472 e. The van der Waals surface area contributed by atoms with Gasteiger partial charge in [-0.1, -0.05) is 24.3 Å². The average Bonchev–Trinajstić information content (AvgIpc) is 1.53. The summed E-state index contributed by atoms with van der Waals surface area (Å²) in [4.78, 5) is 36.5. The van der Waals surface area contributed by atoms with Crippen molar-refractivity contribution in [1.29, 1.82) is 0 Å². The van der Waals surface area contributed by atoms with Crippen molar-refractivity contribution >= 4 is 39.8 Å². The second kappa shape index (κ2) is 57.6. The number of rotatable bonds is 28. The number of furan rings is 1. The lowest BCUT2D eigenvalue weighted by Crippen LogP contribution is -2.03. The van der Waals surface area contributed by atoms with Crippen LogP contribution in [-0.2, 0) is 102 Å². The number of nitrogens with zero attached hydrogens (tertiary/aromatic N) is 8. The van der Waals surface area contributed by atoms with E-state index < -0.39 is 0 Å². The number of hydrogen-bond donors (Lipinski definition) is 1. The first kappa shape index (κ1) is 94.4. The van der Waals surface area contributed by atoms with Gasteiger partial charge in [0.25, 0.3) is 0 Å². The molecule has 9 aromatic rings. The van der Waals surface area contributed by atoms with E-state index in [1.54, 1.807) is 58.9 Å². The smallest absolute Gasteiger partial charge is 0.125 e. The number of thiazole rings is 3. The van der Waals surface area contributed by atoms with Gasteiger partial charge in [0.05, 0.1) is 163 Å². The molecule has 9 heterocycles. The van der Waals surface area contributed by atoms with Crippen molar-refractivity contribution in [2.24, 2.45) is 0 Å². The molecule has 0 fully saturated rings. The highest BCUT2D eigenvalue weighted by molar-refractivity contribution is 7.11. The zero-order chi connectivity index (χ0) is 76.9. The first-order valence-electron chi connectivity index (χ1n) is 35.4. The third-order valence-corrected chi connectivity index (χ3v) is 15.5. The topological polar surface area (TPSA) is 211 Å². The molecule has 0 bridgehead atoms. The zero-order valence-electron chi connectivity index (χ0n) is 66.6. The lowest BCUT2D eigenvalue weighted by atomic mass is 10.2. The molecule has 0 spiro atoms.